The fourth-order valence-corrected chi connectivity index (χ4v) is 3.30. The summed E-state index contributed by atoms with van der Waals surface area (Å²) in [6.07, 6.45) is 1.57. The van der Waals surface area contributed by atoms with Gasteiger partial charge in [0.05, 0.1) is 6.04 Å². The van der Waals surface area contributed by atoms with Gasteiger partial charge >= 0.3 is 0 Å². The number of piperidine rings is 1. The summed E-state index contributed by atoms with van der Waals surface area (Å²) in [7, 11) is 0. The second-order valence-electron chi connectivity index (χ2n) is 6.62. The molecule has 1 fully saturated rings. The molecule has 25 heavy (non-hydrogen) atoms. The van der Waals surface area contributed by atoms with Crippen LogP contribution in [0.1, 0.15) is 36.9 Å². The molecule has 0 saturated carbocycles. The number of amides is 1. The number of carbonyl (C=O) groups is 1. The van der Waals surface area contributed by atoms with Crippen LogP contribution in [0.5, 0.6) is 0 Å². The van der Waals surface area contributed by atoms with E-state index in [0.717, 1.165) is 30.5 Å². The number of nitrogens with one attached hydrogen (secondary N) is 2. The van der Waals surface area contributed by atoms with Crippen LogP contribution >= 0.6 is 0 Å². The molecule has 1 amide bonds. The molecule has 1 heterocycles. The molecule has 3 nitrogen and oxygen atoms in total. The van der Waals surface area contributed by atoms with Crippen molar-refractivity contribution in [1.29, 1.82) is 0 Å². The van der Waals surface area contributed by atoms with E-state index in [4.69, 9.17) is 0 Å². The smallest absolute Gasteiger partial charge is 0.223 e. The molecule has 0 aromatic heterocycles. The van der Waals surface area contributed by atoms with Gasteiger partial charge in [0.2, 0.25) is 5.91 Å². The van der Waals surface area contributed by atoms with E-state index >= 15 is 0 Å². The van der Waals surface area contributed by atoms with Crippen molar-refractivity contribution < 1.29 is 13.6 Å². The lowest BCUT2D eigenvalue weighted by Crippen LogP contribution is -2.43. The van der Waals surface area contributed by atoms with Gasteiger partial charge in [-0.3, -0.25) is 4.79 Å². The van der Waals surface area contributed by atoms with Crippen molar-refractivity contribution in [3.8, 4) is 0 Å². The highest BCUT2D eigenvalue weighted by atomic mass is 19.1. The van der Waals surface area contributed by atoms with Crippen molar-refractivity contribution in [2.24, 2.45) is 5.92 Å². The monoisotopic (exact) mass is 344 g/mol. The summed E-state index contributed by atoms with van der Waals surface area (Å²) in [6, 6.07) is 11.9. The van der Waals surface area contributed by atoms with Crippen molar-refractivity contribution in [3.63, 3.8) is 0 Å². The Morgan fingerprint density at radius 3 is 2.04 bits per heavy atom. The molecule has 1 aliphatic rings. The Morgan fingerprint density at radius 1 is 1.04 bits per heavy atom. The van der Waals surface area contributed by atoms with E-state index in [-0.39, 0.29) is 23.5 Å². The number of halogens is 2. The summed E-state index contributed by atoms with van der Waals surface area (Å²) in [6.45, 7) is 2.88. The van der Waals surface area contributed by atoms with Crippen LogP contribution in [-0.4, -0.2) is 18.5 Å². The molecule has 1 saturated heterocycles. The zero-order valence-corrected chi connectivity index (χ0v) is 14.1. The molecule has 132 valence electrons. The van der Waals surface area contributed by atoms with Gasteiger partial charge in [-0.05, 0) is 61.7 Å². The Hall–Kier alpha value is -2.27. The van der Waals surface area contributed by atoms with E-state index in [9.17, 15) is 13.6 Å². The highest BCUT2D eigenvalue weighted by Gasteiger charge is 2.27. The van der Waals surface area contributed by atoms with Crippen molar-refractivity contribution >= 4 is 5.91 Å². The summed E-state index contributed by atoms with van der Waals surface area (Å²) in [5, 5.41) is 6.40. The Morgan fingerprint density at radius 2 is 1.56 bits per heavy atom. The first kappa shape index (κ1) is 17.5. The minimum Gasteiger partial charge on any atom is -0.345 e. The molecule has 2 aromatic rings. The summed E-state index contributed by atoms with van der Waals surface area (Å²) < 4.78 is 26.5. The largest absolute Gasteiger partial charge is 0.345 e. The van der Waals surface area contributed by atoms with Gasteiger partial charge in [-0.2, -0.15) is 0 Å². The molecule has 0 unspecified atom stereocenters. The maximum absolute atomic E-state index is 13.3. The van der Waals surface area contributed by atoms with Crippen molar-refractivity contribution in [2.75, 3.05) is 6.54 Å². The average Bonchev–Trinajstić information content (AvgIpc) is 2.61. The van der Waals surface area contributed by atoms with Crippen LogP contribution in [0.15, 0.2) is 48.5 Å². The number of hydrogen-bond acceptors (Lipinski definition) is 2. The number of carbonyl (C=O) groups excluding carboxylic acids is 1. The van der Waals surface area contributed by atoms with Crippen LogP contribution in [0.4, 0.5) is 8.78 Å². The molecule has 2 N–H and O–H groups in total. The molecule has 0 bridgehead atoms. The van der Waals surface area contributed by atoms with E-state index in [1.165, 1.54) is 24.3 Å². The molecule has 0 spiro atoms. The number of rotatable bonds is 4. The second-order valence-corrected chi connectivity index (χ2v) is 6.62. The van der Waals surface area contributed by atoms with Gasteiger partial charge in [0.1, 0.15) is 11.6 Å². The third kappa shape index (κ3) is 4.42. The molecule has 1 aliphatic heterocycles. The van der Waals surface area contributed by atoms with E-state index < -0.39 is 6.04 Å². The first-order valence-electron chi connectivity index (χ1n) is 8.57. The highest BCUT2D eigenvalue weighted by molar-refractivity contribution is 5.79. The fraction of sp³-hybridized carbons (Fsp3) is 0.350. The average molecular weight is 344 g/mol. The standard InChI is InChI=1S/C20H22F2N2O/c1-13-12-16(10-11-23-13)20(25)24-19(14-2-6-17(21)7-3-14)15-4-8-18(22)9-5-15/h2-9,13,16,19,23H,10-12H2,1H3,(H,24,25)/t13-,16-/m0/s1. The fourth-order valence-electron chi connectivity index (χ4n) is 3.30. The van der Waals surface area contributed by atoms with Crippen molar-refractivity contribution in [1.82, 2.24) is 10.6 Å². The molecule has 0 aliphatic carbocycles. The van der Waals surface area contributed by atoms with Crippen LogP contribution in [0, 0.1) is 17.6 Å². The van der Waals surface area contributed by atoms with Crippen LogP contribution in [-0.2, 0) is 4.79 Å². The Kier molecular flexibility index (Phi) is 5.43. The molecule has 0 radical (unpaired) electrons. The van der Waals surface area contributed by atoms with Gasteiger partial charge in [0, 0.05) is 12.0 Å². The lowest BCUT2D eigenvalue weighted by molar-refractivity contribution is -0.126. The van der Waals surface area contributed by atoms with Crippen LogP contribution in [0.2, 0.25) is 0 Å². The first-order chi connectivity index (χ1) is 12.0. The molecule has 2 aromatic carbocycles. The summed E-state index contributed by atoms with van der Waals surface area (Å²) in [4.78, 5) is 12.7. The minimum atomic E-state index is -0.432. The molecule has 3 rings (SSSR count). The van der Waals surface area contributed by atoms with Gasteiger partial charge in [-0.1, -0.05) is 24.3 Å². The van der Waals surface area contributed by atoms with Gasteiger partial charge in [-0.25, -0.2) is 8.78 Å². The minimum absolute atomic E-state index is 0.0213. The predicted octanol–water partition coefficient (Wildman–Crippen LogP) is 3.56. The van der Waals surface area contributed by atoms with Gasteiger partial charge < -0.3 is 10.6 Å². The molecule has 5 heteroatoms. The maximum atomic E-state index is 13.3. The predicted molar refractivity (Wildman–Crippen MR) is 93.0 cm³/mol. The Bertz CT molecular complexity index is 670. The SMILES string of the molecule is C[C@H]1C[C@@H](C(=O)NC(c2ccc(F)cc2)c2ccc(F)cc2)CCN1. The van der Waals surface area contributed by atoms with E-state index in [1.54, 1.807) is 24.3 Å². The third-order valence-electron chi connectivity index (χ3n) is 4.69. The normalized spacial score (nSPS) is 20.5. The highest BCUT2D eigenvalue weighted by Crippen LogP contribution is 2.25. The van der Waals surface area contributed by atoms with Gasteiger partial charge in [-0.15, -0.1) is 0 Å². The zero-order valence-electron chi connectivity index (χ0n) is 14.1. The van der Waals surface area contributed by atoms with E-state index in [0.29, 0.717) is 6.04 Å². The third-order valence-corrected chi connectivity index (χ3v) is 4.69. The van der Waals surface area contributed by atoms with Gasteiger partial charge in [0.15, 0.2) is 0 Å². The van der Waals surface area contributed by atoms with Crippen molar-refractivity contribution in [2.45, 2.75) is 31.8 Å². The number of hydrogen-bond donors (Lipinski definition) is 2. The van der Waals surface area contributed by atoms with E-state index in [1.807, 2.05) is 0 Å². The molecular weight excluding hydrogens is 322 g/mol. The van der Waals surface area contributed by atoms with Crippen LogP contribution in [0.25, 0.3) is 0 Å². The lowest BCUT2D eigenvalue weighted by atomic mass is 9.91. The summed E-state index contributed by atoms with van der Waals surface area (Å²) in [5.41, 5.74) is 1.53. The van der Waals surface area contributed by atoms with Crippen molar-refractivity contribution in [3.05, 3.63) is 71.3 Å². The van der Waals surface area contributed by atoms with Crippen LogP contribution in [0.3, 0.4) is 0 Å². The topological polar surface area (TPSA) is 41.1 Å². The first-order valence-corrected chi connectivity index (χ1v) is 8.57. The van der Waals surface area contributed by atoms with Gasteiger partial charge in [0.25, 0.3) is 0 Å². The molecular formula is C20H22F2N2O. The Balaban J connectivity index is 1.84. The lowest BCUT2D eigenvalue weighted by Gasteiger charge is -2.29. The quantitative estimate of drug-likeness (QED) is 0.890. The maximum Gasteiger partial charge on any atom is 0.223 e. The van der Waals surface area contributed by atoms with E-state index in [2.05, 4.69) is 17.6 Å². The Labute approximate surface area is 146 Å². The summed E-state index contributed by atoms with van der Waals surface area (Å²) >= 11 is 0. The zero-order chi connectivity index (χ0) is 17.8. The number of benzene rings is 2. The molecule has 2 atom stereocenters. The second kappa shape index (κ2) is 7.74. The van der Waals surface area contributed by atoms with Crippen LogP contribution < -0.4 is 10.6 Å². The summed E-state index contributed by atoms with van der Waals surface area (Å²) in [5.74, 6) is -0.744.